The van der Waals surface area contributed by atoms with E-state index in [-0.39, 0.29) is 25.7 Å². The van der Waals surface area contributed by atoms with Gasteiger partial charge in [-0.15, -0.1) is 0 Å². The number of aliphatic hydroxyl groups is 1. The number of esters is 4. The van der Waals surface area contributed by atoms with Crippen molar-refractivity contribution in [1.29, 1.82) is 0 Å². The first-order valence-electron chi connectivity index (χ1n) is 46.2. The Balaban J connectivity index is 5.25. The minimum atomic E-state index is -4.97. The molecule has 0 fully saturated rings. The highest BCUT2D eigenvalue weighted by Crippen LogP contribution is 2.45. The molecular weight excluding hydrogens is 1400 g/mol. The van der Waals surface area contributed by atoms with E-state index in [1.165, 1.54) is 308 Å². The number of phosphoric ester groups is 2. The fraction of sp³-hybridized carbons (Fsp3) is 0.955. The molecule has 6 atom stereocenters. The Kier molecular flexibility index (Phi) is 80.2. The average Bonchev–Trinajstić information content (AvgIpc) is 0.900. The summed E-state index contributed by atoms with van der Waals surface area (Å²) in [4.78, 5) is 73.4. The number of phosphoric acid groups is 2. The lowest BCUT2D eigenvalue weighted by Gasteiger charge is -2.21. The summed E-state index contributed by atoms with van der Waals surface area (Å²) in [6.45, 7) is 7.39. The van der Waals surface area contributed by atoms with Crippen LogP contribution in [0.4, 0.5) is 0 Å². The first-order chi connectivity index (χ1) is 52.6. The van der Waals surface area contributed by atoms with E-state index in [2.05, 4.69) is 34.6 Å². The van der Waals surface area contributed by atoms with Gasteiger partial charge in [-0.2, -0.15) is 0 Å². The molecule has 0 saturated heterocycles. The van der Waals surface area contributed by atoms with Gasteiger partial charge in [0.15, 0.2) is 12.2 Å². The summed E-state index contributed by atoms with van der Waals surface area (Å²) in [5.74, 6) is -1.32. The number of hydrogen-bond acceptors (Lipinski definition) is 15. The van der Waals surface area contributed by atoms with Gasteiger partial charge in [0.05, 0.1) is 26.4 Å². The fourth-order valence-corrected chi connectivity index (χ4v) is 15.5. The van der Waals surface area contributed by atoms with Crippen molar-refractivity contribution in [1.82, 2.24) is 0 Å². The highest BCUT2D eigenvalue weighted by Gasteiger charge is 2.31. The largest absolute Gasteiger partial charge is 0.472 e. The van der Waals surface area contributed by atoms with E-state index in [1.807, 2.05) is 0 Å². The number of aliphatic hydroxyl groups excluding tert-OH is 1. The number of unbranched alkanes of at least 4 members (excludes halogenated alkanes) is 60. The minimum absolute atomic E-state index is 0.109. The minimum Gasteiger partial charge on any atom is -0.462 e. The molecule has 17 nitrogen and oxygen atoms in total. The number of rotatable bonds is 89. The standard InChI is InChI=1S/C89H174O17P2/c1-6-10-13-16-19-22-25-28-31-34-36-38-41-44-47-50-53-60-65-70-74-88(93)105-84(78-99-86(91)72-67-62-57-51-48-45-42-40-37-35-32-29-26-23-20-17-14-11-7-2)80-103-107(95,96)101-76-83(90)77-102-108(97,98)104-81-85(79-100-87(92)73-68-63-58-55-54-56-61-66-71-82(5)9-4)106-89(94)75-69-64-59-52-49-46-43-39-33-30-27-24-21-18-15-12-8-3/h82-85,90H,6-81H2,1-5H3,(H,95,96)(H,97,98)/t82?,83-,84-,85-/m1/s1. The van der Waals surface area contributed by atoms with Crippen molar-refractivity contribution < 1.29 is 80.2 Å². The van der Waals surface area contributed by atoms with Crippen molar-refractivity contribution >= 4 is 39.5 Å². The van der Waals surface area contributed by atoms with Gasteiger partial charge in [0.1, 0.15) is 19.3 Å². The SMILES string of the molecule is CCCCCCCCCCCCCCCCCCCCCCC(=O)O[C@H](COC(=O)CCCCCCCCCCCCCCCCCCCCC)COP(=O)(O)OC[C@@H](O)COP(=O)(O)OC[C@@H](COC(=O)CCCCCCCCCCC(C)CC)OC(=O)CCCCCCCCCCCCCCCCCCC. The molecule has 642 valence electrons. The molecule has 3 N–H and O–H groups in total. The summed E-state index contributed by atoms with van der Waals surface area (Å²) in [6.07, 6.45) is 76.4. The van der Waals surface area contributed by atoms with Gasteiger partial charge in [0.25, 0.3) is 0 Å². The molecule has 0 aliphatic rings. The molecule has 0 bridgehead atoms. The fourth-order valence-electron chi connectivity index (χ4n) is 14.0. The van der Waals surface area contributed by atoms with Crippen LogP contribution in [0.2, 0.25) is 0 Å². The predicted molar refractivity (Wildman–Crippen MR) is 446 cm³/mol. The molecule has 0 rings (SSSR count). The van der Waals surface area contributed by atoms with Gasteiger partial charge in [-0.3, -0.25) is 37.3 Å². The highest BCUT2D eigenvalue weighted by molar-refractivity contribution is 7.47. The summed E-state index contributed by atoms with van der Waals surface area (Å²) in [5.41, 5.74) is 0. The molecule has 0 spiro atoms. The van der Waals surface area contributed by atoms with Crippen LogP contribution in [0.25, 0.3) is 0 Å². The second kappa shape index (κ2) is 81.6. The van der Waals surface area contributed by atoms with Crippen molar-refractivity contribution in [2.75, 3.05) is 39.6 Å². The molecule has 0 aliphatic carbocycles. The molecule has 0 saturated carbocycles. The van der Waals surface area contributed by atoms with Crippen LogP contribution >= 0.6 is 15.6 Å². The normalized spacial score (nSPS) is 14.0. The lowest BCUT2D eigenvalue weighted by molar-refractivity contribution is -0.161. The molecule has 0 aliphatic heterocycles. The smallest absolute Gasteiger partial charge is 0.462 e. The maximum Gasteiger partial charge on any atom is 0.472 e. The zero-order valence-electron chi connectivity index (χ0n) is 71.0. The molecular formula is C89H174O17P2. The average molecular weight is 1580 g/mol. The van der Waals surface area contributed by atoms with E-state index >= 15 is 0 Å². The van der Waals surface area contributed by atoms with Crippen molar-refractivity contribution in [3.8, 4) is 0 Å². The Morgan fingerprint density at radius 3 is 0.657 bits per heavy atom. The lowest BCUT2D eigenvalue weighted by atomic mass is 9.99. The van der Waals surface area contributed by atoms with E-state index in [1.54, 1.807) is 0 Å². The topological polar surface area (TPSA) is 237 Å². The molecule has 0 aromatic carbocycles. The number of hydrogen-bond donors (Lipinski definition) is 3. The van der Waals surface area contributed by atoms with Gasteiger partial charge in [-0.1, -0.05) is 433 Å². The Labute approximate surface area is 664 Å². The van der Waals surface area contributed by atoms with E-state index in [0.717, 1.165) is 95.8 Å². The van der Waals surface area contributed by atoms with Crippen LogP contribution in [0.15, 0.2) is 0 Å². The number of carbonyl (C=O) groups excluding carboxylic acids is 4. The van der Waals surface area contributed by atoms with Gasteiger partial charge in [-0.25, -0.2) is 9.13 Å². The van der Waals surface area contributed by atoms with E-state index in [9.17, 15) is 43.2 Å². The maximum atomic E-state index is 13.2. The van der Waals surface area contributed by atoms with Crippen LogP contribution in [0.5, 0.6) is 0 Å². The maximum absolute atomic E-state index is 13.2. The molecule has 0 aromatic rings. The van der Waals surface area contributed by atoms with Crippen molar-refractivity contribution in [3.63, 3.8) is 0 Å². The molecule has 0 aromatic heterocycles. The molecule has 0 amide bonds. The monoisotopic (exact) mass is 1580 g/mol. The van der Waals surface area contributed by atoms with Crippen LogP contribution in [0, 0.1) is 5.92 Å². The zero-order valence-corrected chi connectivity index (χ0v) is 72.8. The van der Waals surface area contributed by atoms with Gasteiger partial charge in [0, 0.05) is 25.7 Å². The Morgan fingerprint density at radius 1 is 0.259 bits per heavy atom. The number of ether oxygens (including phenoxy) is 4. The Hall–Kier alpha value is -1.94. The van der Waals surface area contributed by atoms with E-state index < -0.39 is 97.5 Å². The van der Waals surface area contributed by atoms with Gasteiger partial charge >= 0.3 is 39.5 Å². The van der Waals surface area contributed by atoms with E-state index in [0.29, 0.717) is 25.7 Å². The quantitative estimate of drug-likeness (QED) is 0.0222. The van der Waals surface area contributed by atoms with Crippen LogP contribution in [0.3, 0.4) is 0 Å². The summed E-state index contributed by atoms with van der Waals surface area (Å²) < 4.78 is 69.0. The van der Waals surface area contributed by atoms with Crippen LogP contribution in [-0.4, -0.2) is 96.7 Å². The summed E-state index contributed by atoms with van der Waals surface area (Å²) in [7, 11) is -9.93. The summed E-state index contributed by atoms with van der Waals surface area (Å²) >= 11 is 0. The predicted octanol–water partition coefficient (Wildman–Crippen LogP) is 27.5. The number of carbonyl (C=O) groups is 4. The van der Waals surface area contributed by atoms with Crippen molar-refractivity contribution in [2.45, 2.75) is 502 Å². The van der Waals surface area contributed by atoms with E-state index in [4.69, 9.17) is 37.0 Å². The van der Waals surface area contributed by atoms with Gasteiger partial charge in [-0.05, 0) is 31.6 Å². The second-order valence-corrected chi connectivity index (χ2v) is 35.1. The lowest BCUT2D eigenvalue weighted by Crippen LogP contribution is -2.30. The van der Waals surface area contributed by atoms with Gasteiger partial charge in [0.2, 0.25) is 0 Å². The second-order valence-electron chi connectivity index (χ2n) is 32.2. The third-order valence-corrected chi connectivity index (χ3v) is 23.3. The highest BCUT2D eigenvalue weighted by atomic mass is 31.2. The van der Waals surface area contributed by atoms with Crippen LogP contribution in [-0.2, 0) is 65.4 Å². The molecule has 0 heterocycles. The first kappa shape index (κ1) is 106. The molecule has 108 heavy (non-hydrogen) atoms. The third-order valence-electron chi connectivity index (χ3n) is 21.4. The zero-order chi connectivity index (χ0) is 79.0. The summed E-state index contributed by atoms with van der Waals surface area (Å²) in [6, 6.07) is 0. The summed E-state index contributed by atoms with van der Waals surface area (Å²) in [5, 5.41) is 10.7. The van der Waals surface area contributed by atoms with Crippen LogP contribution < -0.4 is 0 Å². The molecule has 0 radical (unpaired) electrons. The van der Waals surface area contributed by atoms with Gasteiger partial charge < -0.3 is 33.8 Å². The van der Waals surface area contributed by atoms with Crippen molar-refractivity contribution in [3.05, 3.63) is 0 Å². The Morgan fingerprint density at radius 2 is 0.444 bits per heavy atom. The first-order valence-corrected chi connectivity index (χ1v) is 49.2. The molecule has 19 heteroatoms. The van der Waals surface area contributed by atoms with Crippen LogP contribution in [0.1, 0.15) is 484 Å². The third kappa shape index (κ3) is 80.7. The molecule has 3 unspecified atom stereocenters. The Bertz CT molecular complexity index is 2050. The van der Waals surface area contributed by atoms with Crippen molar-refractivity contribution in [2.24, 2.45) is 5.92 Å².